The Kier molecular flexibility index (Phi) is 8.51. The van der Waals surface area contributed by atoms with Gasteiger partial charge in [0.25, 0.3) is 0 Å². The lowest BCUT2D eigenvalue weighted by atomic mass is 9.99. The Labute approximate surface area is 361 Å². The van der Waals surface area contributed by atoms with Crippen LogP contribution in [-0.4, -0.2) is 12.6 Å². The summed E-state index contributed by atoms with van der Waals surface area (Å²) in [7, 11) is -3.17. The zero-order valence-electron chi connectivity index (χ0n) is 33.4. The summed E-state index contributed by atoms with van der Waals surface area (Å²) in [5.41, 5.74) is 11.1. The molecule has 11 aromatic rings. The molecule has 286 valence electrons. The molecule has 0 amide bonds. The van der Waals surface area contributed by atoms with Gasteiger partial charge in [-0.2, -0.15) is 0 Å². The van der Waals surface area contributed by atoms with E-state index >= 15 is 0 Å². The van der Waals surface area contributed by atoms with Crippen molar-refractivity contribution in [2.45, 2.75) is 9.79 Å². The summed E-state index contributed by atoms with van der Waals surface area (Å²) in [4.78, 5) is 2.66. The van der Waals surface area contributed by atoms with Crippen molar-refractivity contribution in [3.63, 3.8) is 0 Å². The minimum atomic E-state index is -3.17. The summed E-state index contributed by atoms with van der Waals surface area (Å²) in [6.45, 7) is 0. The van der Waals surface area contributed by atoms with Crippen molar-refractivity contribution in [3.05, 3.63) is 237 Å². The molecule has 0 spiro atoms. The third kappa shape index (κ3) is 5.62. The van der Waals surface area contributed by atoms with Crippen LogP contribution >= 0.6 is 11.8 Å². The Morgan fingerprint density at radius 3 is 1.59 bits per heavy atom. The van der Waals surface area contributed by atoms with E-state index in [9.17, 15) is 0 Å². The van der Waals surface area contributed by atoms with Crippen LogP contribution in [0.5, 0.6) is 0 Å². The standard InChI is InChI=1S/C58H39NSSi/c1-3-18-40(19-4-1)42-22-13-24-44(38-42)46-28-16-35-55-58(46)61(57-36-12-11-34-54(57)60-55,45-25-14-23-43(39-45)41-20-5-2-6-21-41)56-37-17-29-49-50(56)30-15-33-53(49)59-51-31-9-7-26-47(51)48-27-8-10-32-52(48)59/h1-39H. The van der Waals surface area contributed by atoms with Crippen LogP contribution in [0.25, 0.3) is 71.6 Å². The normalized spacial score (nSPS) is 14.6. The Morgan fingerprint density at radius 1 is 0.328 bits per heavy atom. The monoisotopic (exact) mass is 809 g/mol. The summed E-state index contributed by atoms with van der Waals surface area (Å²) in [5.74, 6) is 0. The molecule has 3 heteroatoms. The second kappa shape index (κ2) is 14.5. The first kappa shape index (κ1) is 35.7. The molecule has 1 aliphatic rings. The quantitative estimate of drug-likeness (QED) is 0.152. The molecule has 0 fully saturated rings. The van der Waals surface area contributed by atoms with E-state index in [1.165, 1.54) is 102 Å². The lowest BCUT2D eigenvalue weighted by molar-refractivity contribution is 1.20. The van der Waals surface area contributed by atoms with Crippen LogP contribution in [0.2, 0.25) is 0 Å². The molecule has 0 radical (unpaired) electrons. The maximum absolute atomic E-state index is 3.17. The summed E-state index contributed by atoms with van der Waals surface area (Å²) in [6.07, 6.45) is 0. The molecule has 1 unspecified atom stereocenters. The third-order valence-corrected chi connectivity index (χ3v) is 19.2. The average Bonchev–Trinajstić information content (AvgIpc) is 3.67. The van der Waals surface area contributed by atoms with E-state index in [0.717, 1.165) is 0 Å². The highest BCUT2D eigenvalue weighted by Crippen LogP contribution is 2.40. The van der Waals surface area contributed by atoms with Gasteiger partial charge in [-0.25, -0.2) is 0 Å². The molecule has 0 bridgehead atoms. The van der Waals surface area contributed by atoms with Gasteiger partial charge in [-0.05, 0) is 95.9 Å². The van der Waals surface area contributed by atoms with Gasteiger partial charge in [0.2, 0.25) is 0 Å². The van der Waals surface area contributed by atoms with Crippen molar-refractivity contribution < 1.29 is 0 Å². The van der Waals surface area contributed by atoms with Crippen molar-refractivity contribution in [1.29, 1.82) is 0 Å². The van der Waals surface area contributed by atoms with Crippen molar-refractivity contribution in [1.82, 2.24) is 4.57 Å². The number of para-hydroxylation sites is 2. The average molecular weight is 810 g/mol. The van der Waals surface area contributed by atoms with Crippen LogP contribution in [0.15, 0.2) is 246 Å². The maximum Gasteiger partial charge on any atom is 0.183 e. The molecule has 2 heterocycles. The Bertz CT molecular complexity index is 3410. The van der Waals surface area contributed by atoms with Gasteiger partial charge in [0.05, 0.1) is 16.7 Å². The molecule has 61 heavy (non-hydrogen) atoms. The minimum Gasteiger partial charge on any atom is -0.309 e. The Morgan fingerprint density at radius 2 is 0.836 bits per heavy atom. The van der Waals surface area contributed by atoms with E-state index in [0.29, 0.717) is 0 Å². The molecule has 1 aliphatic heterocycles. The van der Waals surface area contributed by atoms with Crippen LogP contribution < -0.4 is 20.7 Å². The number of fused-ring (bicyclic) bond motifs is 6. The second-order valence-electron chi connectivity index (χ2n) is 16.0. The topological polar surface area (TPSA) is 4.93 Å². The number of hydrogen-bond acceptors (Lipinski definition) is 1. The first-order chi connectivity index (χ1) is 30.3. The molecular weight excluding hydrogens is 771 g/mol. The predicted molar refractivity (Wildman–Crippen MR) is 262 cm³/mol. The SMILES string of the molecule is c1ccc(-c2cccc(-c3cccc4c3[Si](c3cccc(-c5ccccc5)c3)(c3cccc5c(-n6c7ccccc7c7ccccc76)cccc35)c3ccccc3S4)c2)cc1. The summed E-state index contributed by atoms with van der Waals surface area (Å²) < 4.78 is 2.49. The zero-order chi connectivity index (χ0) is 40.3. The second-order valence-corrected chi connectivity index (χ2v) is 20.7. The highest BCUT2D eigenvalue weighted by molar-refractivity contribution is 8.00. The van der Waals surface area contributed by atoms with Crippen LogP contribution in [-0.2, 0) is 0 Å². The van der Waals surface area contributed by atoms with E-state index in [4.69, 9.17) is 0 Å². The largest absolute Gasteiger partial charge is 0.309 e. The van der Waals surface area contributed by atoms with Crippen molar-refractivity contribution >= 4 is 73.2 Å². The minimum absolute atomic E-state index is 1.20. The van der Waals surface area contributed by atoms with E-state index in [1.54, 1.807) is 0 Å². The number of benzene rings is 10. The lowest BCUT2D eigenvalue weighted by Crippen LogP contribution is -2.77. The zero-order valence-corrected chi connectivity index (χ0v) is 35.2. The summed E-state index contributed by atoms with van der Waals surface area (Å²) >= 11 is 1.92. The van der Waals surface area contributed by atoms with E-state index in [1.807, 2.05) is 11.8 Å². The van der Waals surface area contributed by atoms with Gasteiger partial charge in [-0.1, -0.05) is 212 Å². The Hall–Kier alpha value is -7.17. The molecule has 0 saturated carbocycles. The molecule has 1 aromatic heterocycles. The molecule has 12 rings (SSSR count). The van der Waals surface area contributed by atoms with Gasteiger partial charge in [-0.3, -0.25) is 0 Å². The van der Waals surface area contributed by atoms with Gasteiger partial charge >= 0.3 is 0 Å². The fourth-order valence-corrected chi connectivity index (χ4v) is 17.6. The third-order valence-electron chi connectivity index (χ3n) is 12.7. The highest BCUT2D eigenvalue weighted by atomic mass is 32.2. The van der Waals surface area contributed by atoms with E-state index in [-0.39, 0.29) is 0 Å². The number of aromatic nitrogens is 1. The molecule has 1 nitrogen and oxygen atoms in total. The van der Waals surface area contributed by atoms with E-state index in [2.05, 4.69) is 241 Å². The molecule has 0 N–H and O–H groups in total. The lowest BCUT2D eigenvalue weighted by Gasteiger charge is -2.42. The molecule has 0 aliphatic carbocycles. The molecule has 10 aromatic carbocycles. The van der Waals surface area contributed by atoms with Crippen molar-refractivity contribution in [2.75, 3.05) is 0 Å². The van der Waals surface area contributed by atoms with Gasteiger partial charge in [0.15, 0.2) is 8.07 Å². The van der Waals surface area contributed by atoms with Crippen LogP contribution in [0.3, 0.4) is 0 Å². The van der Waals surface area contributed by atoms with Gasteiger partial charge in [-0.15, -0.1) is 0 Å². The van der Waals surface area contributed by atoms with Gasteiger partial charge in [0.1, 0.15) is 0 Å². The van der Waals surface area contributed by atoms with E-state index < -0.39 is 8.07 Å². The summed E-state index contributed by atoms with van der Waals surface area (Å²) in [6, 6.07) is 88.5. The first-order valence-corrected chi connectivity index (χ1v) is 23.8. The fraction of sp³-hybridized carbons (Fsp3) is 0. The molecular formula is C58H39NSSi. The van der Waals surface area contributed by atoms with Crippen molar-refractivity contribution in [3.8, 4) is 39.1 Å². The van der Waals surface area contributed by atoms with Crippen LogP contribution in [0.4, 0.5) is 0 Å². The number of rotatable bonds is 6. The summed E-state index contributed by atoms with van der Waals surface area (Å²) in [5, 5.41) is 10.7. The predicted octanol–water partition coefficient (Wildman–Crippen LogP) is 12.8. The maximum atomic E-state index is 2.52. The van der Waals surface area contributed by atoms with Gasteiger partial charge < -0.3 is 4.57 Å². The molecule has 0 saturated heterocycles. The van der Waals surface area contributed by atoms with Crippen LogP contribution in [0, 0.1) is 0 Å². The number of hydrogen-bond donors (Lipinski definition) is 0. The first-order valence-electron chi connectivity index (χ1n) is 21.0. The van der Waals surface area contributed by atoms with Crippen LogP contribution in [0.1, 0.15) is 0 Å². The number of nitrogens with zero attached hydrogens (tertiary/aromatic N) is 1. The fourth-order valence-electron chi connectivity index (χ4n) is 10.2. The Balaban J connectivity index is 1.22. The molecule has 1 atom stereocenters. The highest BCUT2D eigenvalue weighted by Gasteiger charge is 2.49. The smallest absolute Gasteiger partial charge is 0.183 e. The van der Waals surface area contributed by atoms with Crippen molar-refractivity contribution in [2.24, 2.45) is 0 Å². The van der Waals surface area contributed by atoms with Gasteiger partial charge in [0, 0.05) is 25.9 Å².